The first-order chi connectivity index (χ1) is 23.3. The highest BCUT2D eigenvalue weighted by Gasteiger charge is 2.40. The second-order valence-electron chi connectivity index (χ2n) is 15.2. The molecular formula is C37H55N5O8. The maximum Gasteiger partial charge on any atom is 0.413 e. The molecular weight excluding hydrogens is 642 g/mol. The lowest BCUT2D eigenvalue weighted by Crippen LogP contribution is -2.61. The van der Waals surface area contributed by atoms with E-state index in [9.17, 15) is 19.2 Å². The number of anilines is 1. The molecule has 0 aliphatic carbocycles. The SMILES string of the molecule is CC(C)[C@H]1COCCCCOc2ccc(cc2)C[C@@H](NC(=O)NC(C)(Cc2ccc(NC(=O)OC(C)(C)C)nc2)C(=O)OC(C)(C)C)C(=O)N1. The Morgan fingerprint density at radius 1 is 0.940 bits per heavy atom. The average molecular weight is 698 g/mol. The van der Waals surface area contributed by atoms with Gasteiger partial charge in [-0.1, -0.05) is 32.0 Å². The number of carbonyl (C=O) groups excluding carboxylic acids is 4. The second-order valence-corrected chi connectivity index (χ2v) is 15.2. The number of pyridine rings is 1. The van der Waals surface area contributed by atoms with E-state index < -0.39 is 40.9 Å². The minimum atomic E-state index is -1.57. The number of rotatable bonds is 7. The van der Waals surface area contributed by atoms with Gasteiger partial charge in [-0.25, -0.2) is 19.4 Å². The van der Waals surface area contributed by atoms with Gasteiger partial charge in [0.1, 0.15) is 34.4 Å². The molecule has 0 saturated heterocycles. The number of urea groups is 1. The number of hydrogen-bond acceptors (Lipinski definition) is 9. The van der Waals surface area contributed by atoms with Gasteiger partial charge in [0.05, 0.1) is 19.3 Å². The topological polar surface area (TPSA) is 166 Å². The Kier molecular flexibility index (Phi) is 14.0. The van der Waals surface area contributed by atoms with Gasteiger partial charge in [-0.15, -0.1) is 0 Å². The fraction of sp³-hybridized carbons (Fsp3) is 0.595. The van der Waals surface area contributed by atoms with E-state index in [1.165, 1.54) is 6.20 Å². The van der Waals surface area contributed by atoms with E-state index in [-0.39, 0.29) is 36.5 Å². The van der Waals surface area contributed by atoms with Crippen molar-refractivity contribution in [2.45, 2.75) is 117 Å². The molecule has 2 bridgehead atoms. The molecule has 1 unspecified atom stereocenters. The van der Waals surface area contributed by atoms with Crippen molar-refractivity contribution >= 4 is 29.8 Å². The molecule has 4 amide bonds. The number of amides is 4. The summed E-state index contributed by atoms with van der Waals surface area (Å²) in [6.45, 7) is 17.4. The van der Waals surface area contributed by atoms with E-state index in [4.69, 9.17) is 18.9 Å². The standard InChI is InChI=1S/C37H55N5O8/c1-24(2)29-23-47-18-10-11-19-48-27-15-12-25(13-16-27)20-28(31(43)39-29)40-33(45)42-37(9,32(44)49-35(3,4)5)21-26-14-17-30(38-22-26)41-34(46)50-36(6,7)8/h12-17,22,24,28-29H,10-11,18-21,23H2,1-9H3,(H,39,43)(H,38,41,46)(H2,40,42,45)/t28-,29-,37?/m1/s1. The molecule has 4 rings (SSSR count). The predicted octanol–water partition coefficient (Wildman–Crippen LogP) is 5.31. The molecule has 1 aromatic carbocycles. The molecule has 13 nitrogen and oxygen atoms in total. The number of carbonyl (C=O) groups is 4. The number of nitrogens with zero attached hydrogens (tertiary/aromatic N) is 1. The summed E-state index contributed by atoms with van der Waals surface area (Å²) in [4.78, 5) is 57.6. The van der Waals surface area contributed by atoms with Crippen LogP contribution in [-0.4, -0.2) is 77.6 Å². The van der Waals surface area contributed by atoms with Crippen LogP contribution in [0.4, 0.5) is 15.4 Å². The number of fused-ring (bicyclic) bond motifs is 13. The predicted molar refractivity (Wildman–Crippen MR) is 190 cm³/mol. The summed E-state index contributed by atoms with van der Waals surface area (Å²) in [7, 11) is 0. The smallest absolute Gasteiger partial charge is 0.413 e. The zero-order valence-electron chi connectivity index (χ0n) is 30.9. The summed E-state index contributed by atoms with van der Waals surface area (Å²) in [5.74, 6) is -0.0185. The number of benzene rings is 1. The van der Waals surface area contributed by atoms with E-state index in [2.05, 4.69) is 26.3 Å². The third-order valence-corrected chi connectivity index (χ3v) is 7.62. The number of nitrogens with one attached hydrogen (secondary N) is 4. The summed E-state index contributed by atoms with van der Waals surface area (Å²) in [6, 6.07) is 8.65. The minimum absolute atomic E-state index is 0.000137. The Balaban J connectivity index is 1.84. The van der Waals surface area contributed by atoms with Gasteiger partial charge in [0.25, 0.3) is 0 Å². The van der Waals surface area contributed by atoms with E-state index in [0.29, 0.717) is 31.1 Å². The lowest BCUT2D eigenvalue weighted by atomic mass is 9.93. The number of hydrogen-bond donors (Lipinski definition) is 4. The Hall–Kier alpha value is -4.39. The molecule has 276 valence electrons. The Morgan fingerprint density at radius 3 is 2.20 bits per heavy atom. The first kappa shape index (κ1) is 40.0. The number of aromatic nitrogens is 1. The van der Waals surface area contributed by atoms with Gasteiger partial charge in [0.2, 0.25) is 5.91 Å². The van der Waals surface area contributed by atoms with Crippen molar-refractivity contribution in [3.05, 3.63) is 53.7 Å². The number of ether oxygens (including phenoxy) is 4. The molecule has 4 N–H and O–H groups in total. The molecule has 3 heterocycles. The largest absolute Gasteiger partial charge is 0.494 e. The maximum atomic E-state index is 13.8. The van der Waals surface area contributed by atoms with Crippen LogP contribution in [0.1, 0.15) is 86.3 Å². The van der Waals surface area contributed by atoms with Crippen LogP contribution in [0.2, 0.25) is 0 Å². The molecule has 0 fully saturated rings. The Bertz CT molecular complexity index is 1430. The third kappa shape index (κ3) is 13.9. The Morgan fingerprint density at radius 2 is 1.60 bits per heavy atom. The van der Waals surface area contributed by atoms with Gasteiger partial charge in [-0.3, -0.25) is 10.1 Å². The van der Waals surface area contributed by atoms with Crippen LogP contribution >= 0.6 is 0 Å². The lowest BCUT2D eigenvalue weighted by molar-refractivity contribution is -0.162. The summed E-state index contributed by atoms with van der Waals surface area (Å²) in [6.07, 6.45) is 2.69. The normalized spacial score (nSPS) is 19.0. The average Bonchev–Trinajstić information content (AvgIpc) is 2.98. The van der Waals surface area contributed by atoms with Crippen molar-refractivity contribution in [1.82, 2.24) is 20.9 Å². The van der Waals surface area contributed by atoms with Crippen molar-refractivity contribution < 1.29 is 38.1 Å². The van der Waals surface area contributed by atoms with Gasteiger partial charge >= 0.3 is 18.1 Å². The van der Waals surface area contributed by atoms with Crippen LogP contribution < -0.4 is 26.0 Å². The zero-order chi connectivity index (χ0) is 37.1. The molecule has 2 aliphatic heterocycles. The molecule has 0 spiro atoms. The van der Waals surface area contributed by atoms with Crippen LogP contribution in [0, 0.1) is 5.92 Å². The zero-order valence-corrected chi connectivity index (χ0v) is 30.9. The van der Waals surface area contributed by atoms with E-state index in [1.807, 2.05) is 38.1 Å². The second kappa shape index (κ2) is 17.5. The first-order valence-electron chi connectivity index (χ1n) is 17.2. The highest BCUT2D eigenvalue weighted by Crippen LogP contribution is 2.21. The summed E-state index contributed by atoms with van der Waals surface area (Å²) in [5.41, 5.74) is -1.70. The summed E-state index contributed by atoms with van der Waals surface area (Å²) < 4.78 is 22.7. The van der Waals surface area contributed by atoms with Gasteiger partial charge < -0.3 is 34.9 Å². The van der Waals surface area contributed by atoms with Gasteiger partial charge in [0.15, 0.2) is 0 Å². The van der Waals surface area contributed by atoms with E-state index in [1.54, 1.807) is 60.6 Å². The lowest BCUT2D eigenvalue weighted by Gasteiger charge is -2.33. The van der Waals surface area contributed by atoms with Gasteiger partial charge in [-0.05, 0) is 96.6 Å². The van der Waals surface area contributed by atoms with Gasteiger partial charge in [-0.2, -0.15) is 0 Å². The van der Waals surface area contributed by atoms with Gasteiger partial charge in [0, 0.05) is 25.6 Å². The van der Waals surface area contributed by atoms with Crippen molar-refractivity contribution in [3.63, 3.8) is 0 Å². The fourth-order valence-electron chi connectivity index (χ4n) is 4.98. The first-order valence-corrected chi connectivity index (χ1v) is 17.2. The molecule has 13 heteroatoms. The quantitative estimate of drug-likeness (QED) is 0.281. The van der Waals surface area contributed by atoms with Crippen molar-refractivity contribution in [3.8, 4) is 5.75 Å². The van der Waals surface area contributed by atoms with Crippen molar-refractivity contribution in [1.29, 1.82) is 0 Å². The molecule has 1 aromatic heterocycles. The molecule has 2 aliphatic rings. The van der Waals surface area contributed by atoms with Crippen LogP contribution in [0.5, 0.6) is 5.75 Å². The molecule has 50 heavy (non-hydrogen) atoms. The minimum Gasteiger partial charge on any atom is -0.494 e. The molecule has 2 aromatic rings. The van der Waals surface area contributed by atoms with Crippen LogP contribution in [0.15, 0.2) is 42.6 Å². The molecule has 3 atom stereocenters. The number of esters is 1. The highest BCUT2D eigenvalue weighted by molar-refractivity contribution is 5.91. The van der Waals surface area contributed by atoms with Crippen LogP contribution in [-0.2, 0) is 36.6 Å². The fourth-order valence-corrected chi connectivity index (χ4v) is 4.98. The monoisotopic (exact) mass is 697 g/mol. The van der Waals surface area contributed by atoms with E-state index in [0.717, 1.165) is 18.4 Å². The maximum absolute atomic E-state index is 13.8. The van der Waals surface area contributed by atoms with Crippen LogP contribution in [0.25, 0.3) is 0 Å². The third-order valence-electron chi connectivity index (χ3n) is 7.62. The Labute approximate surface area is 295 Å². The summed E-state index contributed by atoms with van der Waals surface area (Å²) in [5, 5.41) is 11.2. The molecule has 0 saturated carbocycles. The van der Waals surface area contributed by atoms with Crippen LogP contribution in [0.3, 0.4) is 0 Å². The molecule has 0 radical (unpaired) electrons. The highest BCUT2D eigenvalue weighted by atomic mass is 16.6. The van der Waals surface area contributed by atoms with Crippen molar-refractivity contribution in [2.75, 3.05) is 25.1 Å². The van der Waals surface area contributed by atoms with Crippen molar-refractivity contribution in [2.24, 2.45) is 5.92 Å². The summed E-state index contributed by atoms with van der Waals surface area (Å²) >= 11 is 0. The van der Waals surface area contributed by atoms with E-state index >= 15 is 0 Å².